The molecule has 0 radical (unpaired) electrons. The minimum absolute atomic E-state index is 0.240. The molecule has 0 saturated carbocycles. The van der Waals surface area contributed by atoms with Crippen molar-refractivity contribution in [2.45, 2.75) is 12.2 Å². The molecule has 1 aromatic heterocycles. The van der Waals surface area contributed by atoms with E-state index >= 15 is 0 Å². The molecule has 1 aromatic carbocycles. The lowest BCUT2D eigenvalue weighted by molar-refractivity contribution is 0.342. The lowest BCUT2D eigenvalue weighted by Crippen LogP contribution is -2.30. The highest BCUT2D eigenvalue weighted by Gasteiger charge is 2.26. The topological polar surface area (TPSA) is 49.8 Å². The predicted octanol–water partition coefficient (Wildman–Crippen LogP) is 1.35. The minimum Gasteiger partial charge on any atom is -0.347 e. The van der Waals surface area contributed by atoms with Crippen molar-refractivity contribution in [3.05, 3.63) is 30.5 Å². The monoisotopic (exact) mass is 232 g/mol. The van der Waals surface area contributed by atoms with E-state index in [2.05, 4.69) is 20.6 Å². The van der Waals surface area contributed by atoms with Crippen LogP contribution in [0.1, 0.15) is 0 Å². The summed E-state index contributed by atoms with van der Waals surface area (Å²) >= 11 is 0. The van der Waals surface area contributed by atoms with E-state index in [0.29, 0.717) is 19.0 Å². The van der Waals surface area contributed by atoms with Crippen molar-refractivity contribution in [2.24, 2.45) is 0 Å². The quantitative estimate of drug-likeness (QED) is 0.820. The van der Waals surface area contributed by atoms with Crippen LogP contribution in [0.3, 0.4) is 0 Å². The molecule has 0 spiro atoms. The fourth-order valence-corrected chi connectivity index (χ4v) is 2.00. The van der Waals surface area contributed by atoms with Gasteiger partial charge in [-0.2, -0.15) is 0 Å². The molecule has 4 nitrogen and oxygen atoms in total. The van der Waals surface area contributed by atoms with E-state index in [1.807, 2.05) is 24.3 Å². The highest BCUT2D eigenvalue weighted by Crippen LogP contribution is 2.14. The Kier molecular flexibility index (Phi) is 2.60. The van der Waals surface area contributed by atoms with Crippen molar-refractivity contribution in [2.75, 3.05) is 18.4 Å². The molecule has 0 unspecified atom stereocenters. The zero-order chi connectivity index (χ0) is 11.7. The van der Waals surface area contributed by atoms with Crippen LogP contribution < -0.4 is 10.6 Å². The number of rotatable bonds is 2. The number of fused-ring (bicyclic) bond motifs is 1. The van der Waals surface area contributed by atoms with Gasteiger partial charge in [-0.25, -0.2) is 14.4 Å². The third-order valence-corrected chi connectivity index (χ3v) is 2.94. The van der Waals surface area contributed by atoms with Crippen molar-refractivity contribution >= 4 is 16.9 Å². The molecule has 1 aliphatic rings. The second-order valence-electron chi connectivity index (χ2n) is 4.18. The molecule has 0 amide bonds. The number of hydrogen-bond donors (Lipinski definition) is 2. The third kappa shape index (κ3) is 2.06. The van der Waals surface area contributed by atoms with Gasteiger partial charge in [0, 0.05) is 24.7 Å². The van der Waals surface area contributed by atoms with E-state index in [9.17, 15) is 4.39 Å². The summed E-state index contributed by atoms with van der Waals surface area (Å²) in [5.74, 6) is 0.486. The maximum Gasteiger partial charge on any atom is 0.223 e. The van der Waals surface area contributed by atoms with Gasteiger partial charge in [0.15, 0.2) is 0 Å². The molecular weight excluding hydrogens is 219 g/mol. The molecule has 5 heteroatoms. The average molecular weight is 232 g/mol. The van der Waals surface area contributed by atoms with Crippen LogP contribution in [0.2, 0.25) is 0 Å². The molecule has 2 heterocycles. The Labute approximate surface area is 98.3 Å². The number of benzene rings is 1. The third-order valence-electron chi connectivity index (χ3n) is 2.94. The summed E-state index contributed by atoms with van der Waals surface area (Å²) in [4.78, 5) is 8.54. The lowest BCUT2D eigenvalue weighted by Gasteiger charge is -2.13. The van der Waals surface area contributed by atoms with E-state index < -0.39 is 6.17 Å². The molecule has 2 atom stereocenters. The van der Waals surface area contributed by atoms with Crippen LogP contribution in [0.5, 0.6) is 0 Å². The summed E-state index contributed by atoms with van der Waals surface area (Å²) < 4.78 is 13.4. The lowest BCUT2D eigenvalue weighted by atomic mass is 10.2. The first kappa shape index (κ1) is 10.4. The Morgan fingerprint density at radius 2 is 2.18 bits per heavy atom. The first-order valence-electron chi connectivity index (χ1n) is 5.66. The predicted molar refractivity (Wildman–Crippen MR) is 64.7 cm³/mol. The molecule has 88 valence electrons. The van der Waals surface area contributed by atoms with Crippen LogP contribution in [0.15, 0.2) is 30.5 Å². The summed E-state index contributed by atoms with van der Waals surface area (Å²) in [6.45, 7) is 1.00. The summed E-state index contributed by atoms with van der Waals surface area (Å²) in [5.41, 5.74) is 0.867. The minimum atomic E-state index is -0.884. The van der Waals surface area contributed by atoms with E-state index in [4.69, 9.17) is 0 Å². The maximum atomic E-state index is 13.4. The first-order chi connectivity index (χ1) is 8.33. The standard InChI is InChI=1S/C12H13FN4/c13-9-6-14-7-11(9)17-12-15-5-8-3-1-2-4-10(8)16-12/h1-5,9,11,14H,6-7H2,(H,15,16,17)/t9-,11-/m0/s1. The number of anilines is 1. The Hall–Kier alpha value is -1.75. The fraction of sp³-hybridized carbons (Fsp3) is 0.333. The Morgan fingerprint density at radius 3 is 3.00 bits per heavy atom. The molecule has 2 aromatic rings. The van der Waals surface area contributed by atoms with Gasteiger partial charge in [0.25, 0.3) is 0 Å². The van der Waals surface area contributed by atoms with Crippen LogP contribution in [0.4, 0.5) is 10.3 Å². The van der Waals surface area contributed by atoms with Crippen LogP contribution in [-0.4, -0.2) is 35.3 Å². The fourth-order valence-electron chi connectivity index (χ4n) is 2.00. The molecule has 17 heavy (non-hydrogen) atoms. The molecule has 0 aliphatic carbocycles. The SMILES string of the molecule is F[C@H]1CNC[C@@H]1Nc1ncc2ccccc2n1. The van der Waals surface area contributed by atoms with E-state index in [1.165, 1.54) is 0 Å². The van der Waals surface area contributed by atoms with E-state index in [0.717, 1.165) is 10.9 Å². The highest BCUT2D eigenvalue weighted by molar-refractivity contribution is 5.78. The van der Waals surface area contributed by atoms with Gasteiger partial charge in [0.05, 0.1) is 11.6 Å². The van der Waals surface area contributed by atoms with Crippen molar-refractivity contribution in [1.29, 1.82) is 0 Å². The molecule has 2 N–H and O–H groups in total. The van der Waals surface area contributed by atoms with Crippen LogP contribution in [0.25, 0.3) is 10.9 Å². The van der Waals surface area contributed by atoms with Gasteiger partial charge >= 0.3 is 0 Å². The summed E-state index contributed by atoms with van der Waals surface area (Å²) in [6.07, 6.45) is 0.866. The maximum absolute atomic E-state index is 13.4. The molecule has 1 saturated heterocycles. The highest BCUT2D eigenvalue weighted by atomic mass is 19.1. The largest absolute Gasteiger partial charge is 0.347 e. The van der Waals surface area contributed by atoms with Gasteiger partial charge in [-0.05, 0) is 6.07 Å². The summed E-state index contributed by atoms with van der Waals surface area (Å²) in [5, 5.41) is 7.00. The molecule has 1 fully saturated rings. The van der Waals surface area contributed by atoms with Crippen molar-refractivity contribution in [3.63, 3.8) is 0 Å². The van der Waals surface area contributed by atoms with Gasteiger partial charge < -0.3 is 10.6 Å². The zero-order valence-corrected chi connectivity index (χ0v) is 9.23. The van der Waals surface area contributed by atoms with Crippen LogP contribution in [-0.2, 0) is 0 Å². The number of nitrogens with zero attached hydrogens (tertiary/aromatic N) is 2. The number of halogens is 1. The second kappa shape index (κ2) is 4.25. The molecule has 1 aliphatic heterocycles. The summed E-state index contributed by atoms with van der Waals surface area (Å²) in [7, 11) is 0. The molecular formula is C12H13FN4. The van der Waals surface area contributed by atoms with Gasteiger partial charge in [0.1, 0.15) is 6.17 Å². The van der Waals surface area contributed by atoms with Crippen molar-refractivity contribution in [3.8, 4) is 0 Å². The van der Waals surface area contributed by atoms with Gasteiger partial charge in [0.2, 0.25) is 5.95 Å². The number of nitrogens with one attached hydrogen (secondary N) is 2. The van der Waals surface area contributed by atoms with Gasteiger partial charge in [-0.3, -0.25) is 0 Å². The number of para-hydroxylation sites is 1. The number of alkyl halides is 1. The Balaban J connectivity index is 1.85. The smallest absolute Gasteiger partial charge is 0.223 e. The van der Waals surface area contributed by atoms with Crippen molar-refractivity contribution < 1.29 is 4.39 Å². The second-order valence-corrected chi connectivity index (χ2v) is 4.18. The van der Waals surface area contributed by atoms with Crippen molar-refractivity contribution in [1.82, 2.24) is 15.3 Å². The van der Waals surface area contributed by atoms with Crippen LogP contribution >= 0.6 is 0 Å². The zero-order valence-electron chi connectivity index (χ0n) is 9.23. The Morgan fingerprint density at radius 1 is 1.29 bits per heavy atom. The normalized spacial score (nSPS) is 24.1. The van der Waals surface area contributed by atoms with E-state index in [1.54, 1.807) is 6.20 Å². The molecule has 3 rings (SSSR count). The van der Waals surface area contributed by atoms with E-state index in [-0.39, 0.29) is 6.04 Å². The molecule has 0 bridgehead atoms. The van der Waals surface area contributed by atoms with Gasteiger partial charge in [-0.1, -0.05) is 18.2 Å². The number of hydrogen-bond acceptors (Lipinski definition) is 4. The first-order valence-corrected chi connectivity index (χ1v) is 5.66. The van der Waals surface area contributed by atoms with Crippen LogP contribution in [0, 0.1) is 0 Å². The average Bonchev–Trinajstić information content (AvgIpc) is 2.75. The Bertz CT molecular complexity index is 531. The van der Waals surface area contributed by atoms with Gasteiger partial charge in [-0.15, -0.1) is 0 Å². The number of aromatic nitrogens is 2. The summed E-state index contributed by atoms with van der Waals surface area (Å²) in [6, 6.07) is 7.50.